The highest BCUT2D eigenvalue weighted by Crippen LogP contribution is 2.26. The van der Waals surface area contributed by atoms with Crippen molar-refractivity contribution in [1.82, 2.24) is 4.31 Å². The minimum Gasteiger partial charge on any atom is -0.398 e. The van der Waals surface area contributed by atoms with Gasteiger partial charge < -0.3 is 11.5 Å². The Morgan fingerprint density at radius 3 is 2.39 bits per heavy atom. The van der Waals surface area contributed by atoms with E-state index in [4.69, 9.17) is 11.5 Å². The summed E-state index contributed by atoms with van der Waals surface area (Å²) in [4.78, 5) is 10.9. The van der Waals surface area contributed by atoms with Gasteiger partial charge >= 0.3 is 0 Å². The molecule has 18 heavy (non-hydrogen) atoms. The molecule has 0 aliphatic heterocycles. The van der Waals surface area contributed by atoms with Gasteiger partial charge in [0, 0.05) is 12.7 Å². The highest BCUT2D eigenvalue weighted by molar-refractivity contribution is 7.89. The van der Waals surface area contributed by atoms with Crippen LogP contribution in [0.3, 0.4) is 0 Å². The van der Waals surface area contributed by atoms with E-state index in [9.17, 15) is 13.2 Å². The zero-order chi connectivity index (χ0) is 14.1. The van der Waals surface area contributed by atoms with Gasteiger partial charge in [0.1, 0.15) is 0 Å². The zero-order valence-electron chi connectivity index (χ0n) is 10.6. The largest absolute Gasteiger partial charge is 0.398 e. The molecule has 0 atom stereocenters. The third-order valence-corrected chi connectivity index (χ3v) is 4.79. The summed E-state index contributed by atoms with van der Waals surface area (Å²) in [6.07, 6.45) is 0. The lowest BCUT2D eigenvalue weighted by molar-refractivity contribution is -0.118. The van der Waals surface area contributed by atoms with Crippen LogP contribution < -0.4 is 11.5 Å². The second kappa shape index (κ2) is 4.95. The zero-order valence-corrected chi connectivity index (χ0v) is 11.4. The van der Waals surface area contributed by atoms with Crippen molar-refractivity contribution in [1.29, 1.82) is 0 Å². The van der Waals surface area contributed by atoms with Crippen molar-refractivity contribution in [2.24, 2.45) is 5.73 Å². The molecule has 0 saturated heterocycles. The topological polar surface area (TPSA) is 106 Å². The summed E-state index contributed by atoms with van der Waals surface area (Å²) in [5.41, 5.74) is 12.2. The lowest BCUT2D eigenvalue weighted by Crippen LogP contribution is -2.36. The summed E-state index contributed by atoms with van der Waals surface area (Å²) >= 11 is 0. The summed E-state index contributed by atoms with van der Waals surface area (Å²) in [5, 5.41) is 0. The van der Waals surface area contributed by atoms with Gasteiger partial charge in [-0.25, -0.2) is 8.42 Å². The Bertz CT molecular complexity index is 581. The number of aryl methyl sites for hydroxylation is 1. The van der Waals surface area contributed by atoms with E-state index in [1.165, 1.54) is 7.05 Å². The van der Waals surface area contributed by atoms with Gasteiger partial charge in [0.15, 0.2) is 0 Å². The van der Waals surface area contributed by atoms with E-state index in [0.29, 0.717) is 16.8 Å². The van der Waals surface area contributed by atoms with Gasteiger partial charge in [0.25, 0.3) is 0 Å². The molecule has 100 valence electrons. The van der Waals surface area contributed by atoms with Crippen molar-refractivity contribution in [3.63, 3.8) is 0 Å². The number of benzene rings is 1. The number of nitrogens with two attached hydrogens (primary N) is 2. The quantitative estimate of drug-likeness (QED) is 0.751. The number of anilines is 1. The van der Waals surface area contributed by atoms with Crippen LogP contribution in [0.25, 0.3) is 0 Å². The third kappa shape index (κ3) is 2.62. The summed E-state index contributed by atoms with van der Waals surface area (Å²) in [6.45, 7) is 2.95. The molecule has 0 aliphatic carbocycles. The maximum atomic E-state index is 12.3. The van der Waals surface area contributed by atoms with Crippen molar-refractivity contribution in [2.45, 2.75) is 18.7 Å². The molecule has 0 saturated carbocycles. The molecule has 1 amide bonds. The van der Waals surface area contributed by atoms with Crippen LogP contribution in [-0.4, -0.2) is 32.2 Å². The maximum Gasteiger partial charge on any atom is 0.243 e. The SMILES string of the molecule is Cc1ccc(N)c(C)c1S(=O)(=O)N(C)CC(N)=O. The standard InChI is InChI=1S/C11H17N3O3S/c1-7-4-5-9(12)8(2)11(7)18(16,17)14(3)6-10(13)15/h4-5H,6,12H2,1-3H3,(H2,13,15). The second-order valence-electron chi connectivity index (χ2n) is 4.15. The Morgan fingerprint density at radius 2 is 1.89 bits per heavy atom. The van der Waals surface area contributed by atoms with Crippen LogP contribution in [-0.2, 0) is 14.8 Å². The average Bonchev–Trinajstić information content (AvgIpc) is 2.22. The molecule has 4 N–H and O–H groups in total. The molecule has 6 nitrogen and oxygen atoms in total. The molecular weight excluding hydrogens is 254 g/mol. The molecule has 0 unspecified atom stereocenters. The molecule has 0 heterocycles. The number of primary amides is 1. The molecule has 0 radical (unpaired) electrons. The first-order valence-corrected chi connectivity index (χ1v) is 6.72. The van der Waals surface area contributed by atoms with E-state index >= 15 is 0 Å². The van der Waals surface area contributed by atoms with Crippen molar-refractivity contribution in [3.8, 4) is 0 Å². The highest BCUT2D eigenvalue weighted by atomic mass is 32.2. The monoisotopic (exact) mass is 271 g/mol. The number of hydrogen-bond donors (Lipinski definition) is 2. The molecule has 1 aromatic carbocycles. The van der Waals surface area contributed by atoms with Gasteiger partial charge in [0.2, 0.25) is 15.9 Å². The summed E-state index contributed by atoms with van der Waals surface area (Å²) in [7, 11) is -2.46. The molecule has 0 bridgehead atoms. The fourth-order valence-electron chi connectivity index (χ4n) is 1.70. The number of rotatable bonds is 4. The molecule has 7 heteroatoms. The van der Waals surface area contributed by atoms with E-state index in [-0.39, 0.29) is 11.4 Å². The number of amides is 1. The van der Waals surface area contributed by atoms with Gasteiger partial charge in [-0.1, -0.05) is 6.07 Å². The van der Waals surface area contributed by atoms with Gasteiger partial charge in [-0.3, -0.25) is 4.79 Å². The normalized spacial score (nSPS) is 11.8. The Morgan fingerprint density at radius 1 is 1.33 bits per heavy atom. The molecule has 0 spiro atoms. The summed E-state index contributed by atoms with van der Waals surface area (Å²) in [5.74, 6) is -0.708. The first-order valence-electron chi connectivity index (χ1n) is 5.28. The average molecular weight is 271 g/mol. The second-order valence-corrected chi connectivity index (χ2v) is 6.13. The third-order valence-electron chi connectivity index (χ3n) is 2.69. The number of carbonyl (C=O) groups excluding carboxylic acids is 1. The van der Waals surface area contributed by atoms with Crippen LogP contribution in [0.4, 0.5) is 5.69 Å². The van der Waals surface area contributed by atoms with E-state index in [1.54, 1.807) is 26.0 Å². The lowest BCUT2D eigenvalue weighted by atomic mass is 10.1. The Kier molecular flexibility index (Phi) is 3.98. The van der Waals surface area contributed by atoms with Crippen LogP contribution in [0.15, 0.2) is 17.0 Å². The number of likely N-dealkylation sites (N-methyl/N-ethyl adjacent to an activating group) is 1. The van der Waals surface area contributed by atoms with Crippen molar-refractivity contribution < 1.29 is 13.2 Å². The number of nitrogens with zero attached hydrogens (tertiary/aromatic N) is 1. The molecule has 0 aliphatic rings. The van der Waals surface area contributed by atoms with Gasteiger partial charge in [0.05, 0.1) is 11.4 Å². The van der Waals surface area contributed by atoms with Crippen molar-refractivity contribution in [2.75, 3.05) is 19.3 Å². The smallest absolute Gasteiger partial charge is 0.243 e. The predicted molar refractivity (Wildman–Crippen MR) is 69.3 cm³/mol. The number of nitrogen functional groups attached to an aromatic ring is 1. The Hall–Kier alpha value is -1.60. The van der Waals surface area contributed by atoms with E-state index in [1.807, 2.05) is 0 Å². The number of hydrogen-bond acceptors (Lipinski definition) is 4. The minimum absolute atomic E-state index is 0.131. The van der Waals surface area contributed by atoms with E-state index in [2.05, 4.69) is 0 Å². The van der Waals surface area contributed by atoms with E-state index < -0.39 is 15.9 Å². The molecular formula is C11H17N3O3S. The molecule has 0 aromatic heterocycles. The highest BCUT2D eigenvalue weighted by Gasteiger charge is 2.26. The molecule has 0 fully saturated rings. The summed E-state index contributed by atoms with van der Waals surface area (Å²) < 4.78 is 25.6. The van der Waals surface area contributed by atoms with Crippen molar-refractivity contribution >= 4 is 21.6 Å². The maximum absolute atomic E-state index is 12.3. The van der Waals surface area contributed by atoms with E-state index in [0.717, 1.165) is 4.31 Å². The lowest BCUT2D eigenvalue weighted by Gasteiger charge is -2.19. The van der Waals surface area contributed by atoms with Crippen LogP contribution in [0.2, 0.25) is 0 Å². The Labute approximate surface area is 107 Å². The predicted octanol–water partition coefficient (Wildman–Crippen LogP) is -0.00856. The van der Waals surface area contributed by atoms with Crippen LogP contribution in [0, 0.1) is 13.8 Å². The van der Waals surface area contributed by atoms with Gasteiger partial charge in [-0.2, -0.15) is 4.31 Å². The van der Waals surface area contributed by atoms with Crippen LogP contribution in [0.5, 0.6) is 0 Å². The Balaban J connectivity index is 3.37. The van der Waals surface area contributed by atoms with Crippen LogP contribution in [0.1, 0.15) is 11.1 Å². The number of carbonyl (C=O) groups is 1. The molecule has 1 rings (SSSR count). The fourth-order valence-corrected chi connectivity index (χ4v) is 3.29. The van der Waals surface area contributed by atoms with Crippen molar-refractivity contribution in [3.05, 3.63) is 23.3 Å². The minimum atomic E-state index is -3.77. The fraction of sp³-hybridized carbons (Fsp3) is 0.364. The number of sulfonamides is 1. The van der Waals surface area contributed by atoms with Gasteiger partial charge in [-0.05, 0) is 31.0 Å². The first kappa shape index (κ1) is 14.5. The first-order chi connectivity index (χ1) is 8.17. The van der Waals surface area contributed by atoms with Gasteiger partial charge in [-0.15, -0.1) is 0 Å². The van der Waals surface area contributed by atoms with Crippen LogP contribution >= 0.6 is 0 Å². The summed E-state index contributed by atoms with van der Waals surface area (Å²) in [6, 6.07) is 3.28. The molecule has 1 aromatic rings.